The number of rotatable bonds is 4. The molecule has 1 aromatic heterocycles. The monoisotopic (exact) mass is 357 g/mol. The van der Waals surface area contributed by atoms with Crippen LogP contribution in [0.5, 0.6) is 5.75 Å². The maximum absolute atomic E-state index is 13.4. The standard InChI is InChI=1S/C18H13ClFN3O2/c1-10(9-21)25-15-5-3-2-4-14(15)23-18(24)17-16(19)12-8-11(20)6-7-13(12)22-17/h2-8,10,22H,1H3,(H,23,24). The van der Waals surface area contributed by atoms with Crippen LogP contribution in [0.15, 0.2) is 42.5 Å². The quantitative estimate of drug-likeness (QED) is 0.721. The van der Waals surface area contributed by atoms with E-state index in [1.54, 1.807) is 31.2 Å². The summed E-state index contributed by atoms with van der Waals surface area (Å²) in [5, 5.41) is 12.1. The molecule has 126 valence electrons. The number of ether oxygens (including phenoxy) is 1. The Hall–Kier alpha value is -3.04. The second-order valence-corrected chi connectivity index (χ2v) is 5.72. The highest BCUT2D eigenvalue weighted by Gasteiger charge is 2.18. The number of anilines is 1. The van der Waals surface area contributed by atoms with Gasteiger partial charge in [-0.2, -0.15) is 5.26 Å². The summed E-state index contributed by atoms with van der Waals surface area (Å²) in [5.41, 5.74) is 1.07. The predicted molar refractivity (Wildman–Crippen MR) is 93.4 cm³/mol. The van der Waals surface area contributed by atoms with Crippen LogP contribution in [0.1, 0.15) is 17.4 Å². The predicted octanol–water partition coefficient (Wildman–Crippen LogP) is 4.50. The molecule has 0 bridgehead atoms. The van der Waals surface area contributed by atoms with Crippen molar-refractivity contribution in [2.75, 3.05) is 5.32 Å². The van der Waals surface area contributed by atoms with E-state index < -0.39 is 17.8 Å². The van der Waals surface area contributed by atoms with Crippen LogP contribution in [0.4, 0.5) is 10.1 Å². The number of H-pyrrole nitrogens is 1. The molecule has 0 saturated heterocycles. The number of amides is 1. The van der Waals surface area contributed by atoms with E-state index in [2.05, 4.69) is 10.3 Å². The molecule has 1 amide bonds. The zero-order valence-corrected chi connectivity index (χ0v) is 13.9. The van der Waals surface area contributed by atoms with Crippen LogP contribution >= 0.6 is 11.6 Å². The number of hydrogen-bond donors (Lipinski definition) is 2. The van der Waals surface area contributed by atoms with Crippen LogP contribution < -0.4 is 10.1 Å². The number of halogens is 2. The van der Waals surface area contributed by atoms with Gasteiger partial charge in [-0.05, 0) is 37.3 Å². The summed E-state index contributed by atoms with van der Waals surface area (Å²) in [5.74, 6) is -0.574. The highest BCUT2D eigenvalue weighted by Crippen LogP contribution is 2.30. The van der Waals surface area contributed by atoms with Crippen molar-refractivity contribution in [1.29, 1.82) is 5.26 Å². The highest BCUT2D eigenvalue weighted by atomic mass is 35.5. The Morgan fingerprint density at radius 2 is 2.12 bits per heavy atom. The van der Waals surface area contributed by atoms with Gasteiger partial charge in [-0.25, -0.2) is 4.39 Å². The van der Waals surface area contributed by atoms with Gasteiger partial charge in [0.2, 0.25) is 0 Å². The molecule has 1 unspecified atom stereocenters. The second-order valence-electron chi connectivity index (χ2n) is 5.34. The minimum Gasteiger partial charge on any atom is -0.474 e. The van der Waals surface area contributed by atoms with Gasteiger partial charge in [0.25, 0.3) is 5.91 Å². The molecule has 0 radical (unpaired) electrons. The van der Waals surface area contributed by atoms with Gasteiger partial charge < -0.3 is 15.0 Å². The highest BCUT2D eigenvalue weighted by molar-refractivity contribution is 6.39. The Bertz CT molecular complexity index is 994. The fourth-order valence-electron chi connectivity index (χ4n) is 2.36. The molecule has 0 spiro atoms. The average molecular weight is 358 g/mol. The smallest absolute Gasteiger partial charge is 0.273 e. The largest absolute Gasteiger partial charge is 0.474 e. The van der Waals surface area contributed by atoms with Gasteiger partial charge in [0.15, 0.2) is 6.10 Å². The lowest BCUT2D eigenvalue weighted by Crippen LogP contribution is -2.15. The van der Waals surface area contributed by atoms with Crippen molar-refractivity contribution in [2.24, 2.45) is 0 Å². The zero-order chi connectivity index (χ0) is 18.0. The summed E-state index contributed by atoms with van der Waals surface area (Å²) >= 11 is 6.20. The summed E-state index contributed by atoms with van der Waals surface area (Å²) in [4.78, 5) is 15.4. The SMILES string of the molecule is CC(C#N)Oc1ccccc1NC(=O)c1[nH]c2ccc(F)cc2c1Cl. The topological polar surface area (TPSA) is 77.9 Å². The molecule has 2 aromatic carbocycles. The maximum atomic E-state index is 13.4. The number of para-hydroxylation sites is 2. The molecule has 25 heavy (non-hydrogen) atoms. The Balaban J connectivity index is 1.91. The molecule has 3 aromatic rings. The van der Waals surface area contributed by atoms with Crippen LogP contribution in [0.3, 0.4) is 0 Å². The lowest BCUT2D eigenvalue weighted by atomic mass is 10.2. The molecule has 2 N–H and O–H groups in total. The third-order valence-corrected chi connectivity index (χ3v) is 3.94. The minimum absolute atomic E-state index is 0.116. The van der Waals surface area contributed by atoms with Crippen molar-refractivity contribution in [3.8, 4) is 11.8 Å². The first kappa shape index (κ1) is 16.8. The number of aromatic nitrogens is 1. The van der Waals surface area contributed by atoms with Gasteiger partial charge in [0, 0.05) is 10.9 Å². The molecule has 7 heteroatoms. The van der Waals surface area contributed by atoms with E-state index in [1.807, 2.05) is 6.07 Å². The molecule has 0 aliphatic heterocycles. The maximum Gasteiger partial charge on any atom is 0.273 e. The molecule has 0 saturated carbocycles. The van der Waals surface area contributed by atoms with Gasteiger partial charge >= 0.3 is 0 Å². The molecule has 1 atom stereocenters. The Morgan fingerprint density at radius 3 is 2.88 bits per heavy atom. The molecule has 3 rings (SSSR count). The van der Waals surface area contributed by atoms with Crippen molar-refractivity contribution in [3.05, 3.63) is 59.0 Å². The van der Waals surface area contributed by atoms with Crippen molar-refractivity contribution in [3.63, 3.8) is 0 Å². The number of nitriles is 1. The normalized spacial score (nSPS) is 11.8. The Morgan fingerprint density at radius 1 is 1.36 bits per heavy atom. The third-order valence-electron chi connectivity index (χ3n) is 3.55. The molecule has 0 aliphatic rings. The molecular weight excluding hydrogens is 345 g/mol. The summed E-state index contributed by atoms with van der Waals surface area (Å²) in [6, 6.07) is 12.8. The first-order chi connectivity index (χ1) is 12.0. The first-order valence-electron chi connectivity index (χ1n) is 7.43. The lowest BCUT2D eigenvalue weighted by molar-refractivity contribution is 0.102. The third kappa shape index (κ3) is 3.42. The van der Waals surface area contributed by atoms with Crippen molar-refractivity contribution in [2.45, 2.75) is 13.0 Å². The number of aromatic amines is 1. The second kappa shape index (κ2) is 6.83. The van der Waals surface area contributed by atoms with E-state index in [4.69, 9.17) is 21.6 Å². The fourth-order valence-corrected chi connectivity index (χ4v) is 2.65. The first-order valence-corrected chi connectivity index (χ1v) is 7.80. The number of hydrogen-bond acceptors (Lipinski definition) is 3. The molecule has 0 fully saturated rings. The fraction of sp³-hybridized carbons (Fsp3) is 0.111. The van der Waals surface area contributed by atoms with Crippen LogP contribution in [0, 0.1) is 17.1 Å². The Kier molecular flexibility index (Phi) is 4.59. The number of fused-ring (bicyclic) bond motifs is 1. The van der Waals surface area contributed by atoms with Crippen LogP contribution in [0.2, 0.25) is 5.02 Å². The number of nitrogens with zero attached hydrogens (tertiary/aromatic N) is 1. The van der Waals surface area contributed by atoms with Gasteiger partial charge in [-0.3, -0.25) is 4.79 Å². The van der Waals surface area contributed by atoms with Gasteiger partial charge in [0.1, 0.15) is 23.3 Å². The van der Waals surface area contributed by atoms with Crippen molar-refractivity contribution >= 4 is 34.1 Å². The molecule has 1 heterocycles. The average Bonchev–Trinajstić information content (AvgIpc) is 2.93. The van der Waals surface area contributed by atoms with E-state index in [9.17, 15) is 9.18 Å². The summed E-state index contributed by atoms with van der Waals surface area (Å²) in [6.07, 6.45) is -0.669. The molecule has 0 aliphatic carbocycles. The van der Waals surface area contributed by atoms with Crippen LogP contribution in [-0.4, -0.2) is 17.0 Å². The summed E-state index contributed by atoms with van der Waals surface area (Å²) < 4.78 is 18.8. The number of carbonyl (C=O) groups excluding carboxylic acids is 1. The molecular formula is C18H13ClFN3O2. The Labute approximate surface area is 148 Å². The van der Waals surface area contributed by atoms with E-state index in [0.717, 1.165) is 0 Å². The van der Waals surface area contributed by atoms with E-state index in [1.165, 1.54) is 18.2 Å². The zero-order valence-electron chi connectivity index (χ0n) is 13.1. The van der Waals surface area contributed by atoms with Gasteiger partial charge in [-0.15, -0.1) is 0 Å². The van der Waals surface area contributed by atoms with Crippen molar-refractivity contribution in [1.82, 2.24) is 4.98 Å². The van der Waals surface area contributed by atoms with E-state index >= 15 is 0 Å². The number of benzene rings is 2. The number of carbonyl (C=O) groups is 1. The van der Waals surface area contributed by atoms with Crippen LogP contribution in [0.25, 0.3) is 10.9 Å². The minimum atomic E-state index is -0.669. The lowest BCUT2D eigenvalue weighted by Gasteiger charge is -2.13. The van der Waals surface area contributed by atoms with Crippen molar-refractivity contribution < 1.29 is 13.9 Å². The summed E-state index contributed by atoms with van der Waals surface area (Å²) in [7, 11) is 0. The van der Waals surface area contributed by atoms with Gasteiger partial charge in [0.05, 0.1) is 10.7 Å². The van der Waals surface area contributed by atoms with E-state index in [0.29, 0.717) is 22.3 Å². The van der Waals surface area contributed by atoms with Gasteiger partial charge in [-0.1, -0.05) is 23.7 Å². The summed E-state index contributed by atoms with van der Waals surface area (Å²) in [6.45, 7) is 1.60. The number of nitrogens with one attached hydrogen (secondary N) is 2. The van der Waals surface area contributed by atoms with E-state index in [-0.39, 0.29) is 10.7 Å². The molecule has 5 nitrogen and oxygen atoms in total. The van der Waals surface area contributed by atoms with Crippen LogP contribution in [-0.2, 0) is 0 Å².